The highest BCUT2D eigenvalue weighted by Gasteiger charge is 2.44. The first kappa shape index (κ1) is 25.1. The van der Waals surface area contributed by atoms with Gasteiger partial charge in [0.1, 0.15) is 17.9 Å². The van der Waals surface area contributed by atoms with E-state index in [1.807, 2.05) is 115 Å². The predicted molar refractivity (Wildman–Crippen MR) is 144 cm³/mol. The summed E-state index contributed by atoms with van der Waals surface area (Å²) in [6.45, 7) is 0.244. The summed E-state index contributed by atoms with van der Waals surface area (Å²) in [5.74, 6) is 0.604. The second-order valence-electron chi connectivity index (χ2n) is 9.12. The molecule has 1 heterocycles. The van der Waals surface area contributed by atoms with E-state index in [2.05, 4.69) is 0 Å². The van der Waals surface area contributed by atoms with Gasteiger partial charge in [0.25, 0.3) is 0 Å². The maximum absolute atomic E-state index is 14.1. The number of carbonyl (C=O) groups is 2. The number of rotatable bonds is 8. The molecule has 2 unspecified atom stereocenters. The minimum atomic E-state index is -0.755. The monoisotopic (exact) mass is 507 g/mol. The first-order valence-electron chi connectivity index (χ1n) is 12.6. The Balaban J connectivity index is 1.42. The molecule has 1 aliphatic rings. The van der Waals surface area contributed by atoms with Crippen molar-refractivity contribution in [1.82, 2.24) is 4.90 Å². The van der Waals surface area contributed by atoms with Crippen molar-refractivity contribution in [3.63, 3.8) is 0 Å². The molecule has 38 heavy (non-hydrogen) atoms. The molecular weight excluding hydrogens is 478 g/mol. The van der Waals surface area contributed by atoms with E-state index in [0.29, 0.717) is 23.7 Å². The highest BCUT2D eigenvalue weighted by Crippen LogP contribution is 2.36. The molecule has 6 heteroatoms. The van der Waals surface area contributed by atoms with Crippen LogP contribution in [0.1, 0.15) is 23.5 Å². The van der Waals surface area contributed by atoms with Crippen molar-refractivity contribution < 1.29 is 23.8 Å². The zero-order valence-corrected chi connectivity index (χ0v) is 21.1. The number of methoxy groups -OCH3 is 1. The molecule has 1 fully saturated rings. The minimum absolute atomic E-state index is 0.169. The first-order valence-corrected chi connectivity index (χ1v) is 12.6. The molecule has 6 nitrogen and oxygen atoms in total. The van der Waals surface area contributed by atoms with Gasteiger partial charge in [0.05, 0.1) is 19.6 Å². The molecule has 0 radical (unpaired) electrons. The standard InChI is InChI=1S/C32H29NO5/c1-36-32(35)27-21-26(38-29-20-12-11-19-28(29)37-25-17-9-4-10-18-25)22-33(27)31(34)30(23-13-5-2-6-14-23)24-15-7-3-8-16-24/h2-20,26-27,30H,21-22H2,1H3. The van der Waals surface area contributed by atoms with E-state index in [1.165, 1.54) is 7.11 Å². The molecule has 192 valence electrons. The Morgan fingerprint density at radius 1 is 0.737 bits per heavy atom. The molecule has 0 bridgehead atoms. The van der Waals surface area contributed by atoms with E-state index >= 15 is 0 Å². The quantitative estimate of drug-likeness (QED) is 0.281. The van der Waals surface area contributed by atoms with Gasteiger partial charge in [-0.3, -0.25) is 4.79 Å². The Bertz CT molecular complexity index is 1320. The van der Waals surface area contributed by atoms with Crippen LogP contribution in [0.5, 0.6) is 17.2 Å². The van der Waals surface area contributed by atoms with Crippen molar-refractivity contribution in [1.29, 1.82) is 0 Å². The lowest BCUT2D eigenvalue weighted by Crippen LogP contribution is -2.44. The van der Waals surface area contributed by atoms with Crippen LogP contribution in [-0.4, -0.2) is 42.6 Å². The van der Waals surface area contributed by atoms with Crippen LogP contribution in [-0.2, 0) is 14.3 Å². The molecule has 1 aliphatic heterocycles. The molecule has 0 N–H and O–H groups in total. The third-order valence-electron chi connectivity index (χ3n) is 6.65. The summed E-state index contributed by atoms with van der Waals surface area (Å²) in [5, 5.41) is 0. The Labute approximate surface area is 222 Å². The van der Waals surface area contributed by atoms with Gasteiger partial charge < -0.3 is 19.1 Å². The molecule has 0 aromatic heterocycles. The fourth-order valence-corrected chi connectivity index (χ4v) is 4.85. The van der Waals surface area contributed by atoms with Crippen LogP contribution in [0.4, 0.5) is 0 Å². The highest BCUT2D eigenvalue weighted by atomic mass is 16.5. The van der Waals surface area contributed by atoms with Crippen molar-refractivity contribution in [2.75, 3.05) is 13.7 Å². The fourth-order valence-electron chi connectivity index (χ4n) is 4.85. The number of amides is 1. The maximum atomic E-state index is 14.1. The first-order chi connectivity index (χ1) is 18.6. The average molecular weight is 508 g/mol. The smallest absolute Gasteiger partial charge is 0.328 e. The number of benzene rings is 4. The Kier molecular flexibility index (Phi) is 7.69. The number of carbonyl (C=O) groups excluding carboxylic acids is 2. The number of likely N-dealkylation sites (tertiary alicyclic amines) is 1. The van der Waals surface area contributed by atoms with Crippen LogP contribution < -0.4 is 9.47 Å². The molecular formula is C32H29NO5. The van der Waals surface area contributed by atoms with E-state index in [9.17, 15) is 9.59 Å². The minimum Gasteiger partial charge on any atom is -0.485 e. The second kappa shape index (κ2) is 11.6. The van der Waals surface area contributed by atoms with Crippen LogP contribution in [0, 0.1) is 0 Å². The van der Waals surface area contributed by atoms with Gasteiger partial charge in [0.2, 0.25) is 5.91 Å². The van der Waals surface area contributed by atoms with Gasteiger partial charge in [-0.05, 0) is 35.4 Å². The SMILES string of the molecule is COC(=O)C1CC(Oc2ccccc2Oc2ccccc2)CN1C(=O)C(c1ccccc1)c1ccccc1. The van der Waals surface area contributed by atoms with Gasteiger partial charge in [-0.15, -0.1) is 0 Å². The zero-order valence-electron chi connectivity index (χ0n) is 21.1. The van der Waals surface area contributed by atoms with Gasteiger partial charge in [-0.25, -0.2) is 4.79 Å². The number of esters is 1. The maximum Gasteiger partial charge on any atom is 0.328 e. The predicted octanol–water partition coefficient (Wildman–Crippen LogP) is 5.83. The van der Waals surface area contributed by atoms with E-state index < -0.39 is 24.0 Å². The van der Waals surface area contributed by atoms with Crippen molar-refractivity contribution in [2.45, 2.75) is 24.5 Å². The summed E-state index contributed by atoms with van der Waals surface area (Å²) in [6, 6.07) is 35.3. The van der Waals surface area contributed by atoms with Gasteiger partial charge in [0, 0.05) is 6.42 Å². The molecule has 1 amide bonds. The van der Waals surface area contributed by atoms with Crippen LogP contribution in [0.3, 0.4) is 0 Å². The third-order valence-corrected chi connectivity index (χ3v) is 6.65. The number of hydrogen-bond donors (Lipinski definition) is 0. The summed E-state index contributed by atoms with van der Waals surface area (Å²) in [7, 11) is 1.34. The molecule has 0 saturated carbocycles. The molecule has 1 saturated heterocycles. The topological polar surface area (TPSA) is 65.1 Å². The Hall–Kier alpha value is -4.58. The van der Waals surface area contributed by atoms with Gasteiger partial charge >= 0.3 is 5.97 Å². The average Bonchev–Trinajstić information content (AvgIpc) is 3.39. The van der Waals surface area contributed by atoms with Gasteiger partial charge in [0.15, 0.2) is 11.5 Å². The van der Waals surface area contributed by atoms with Crippen molar-refractivity contribution in [2.24, 2.45) is 0 Å². The Morgan fingerprint density at radius 3 is 1.84 bits per heavy atom. The summed E-state index contributed by atoms with van der Waals surface area (Å²) in [6.07, 6.45) is -0.107. The summed E-state index contributed by atoms with van der Waals surface area (Å²) >= 11 is 0. The molecule has 0 spiro atoms. The van der Waals surface area contributed by atoms with Crippen molar-refractivity contribution in [3.05, 3.63) is 126 Å². The molecule has 4 aromatic carbocycles. The van der Waals surface area contributed by atoms with E-state index in [0.717, 1.165) is 11.1 Å². The number of para-hydroxylation sites is 3. The van der Waals surface area contributed by atoms with Crippen molar-refractivity contribution in [3.8, 4) is 17.2 Å². The second-order valence-corrected chi connectivity index (χ2v) is 9.12. The number of hydrogen-bond acceptors (Lipinski definition) is 5. The van der Waals surface area contributed by atoms with Gasteiger partial charge in [-0.1, -0.05) is 91.0 Å². The van der Waals surface area contributed by atoms with Crippen LogP contribution in [0.15, 0.2) is 115 Å². The largest absolute Gasteiger partial charge is 0.485 e. The fraction of sp³-hybridized carbons (Fsp3) is 0.188. The molecule has 2 atom stereocenters. The summed E-state index contributed by atoms with van der Waals surface area (Å²) < 4.78 is 17.5. The molecule has 5 rings (SSSR count). The summed E-state index contributed by atoms with van der Waals surface area (Å²) in [4.78, 5) is 28.6. The van der Waals surface area contributed by atoms with Gasteiger partial charge in [-0.2, -0.15) is 0 Å². The van der Waals surface area contributed by atoms with Crippen molar-refractivity contribution >= 4 is 11.9 Å². The van der Waals surface area contributed by atoms with E-state index in [-0.39, 0.29) is 12.5 Å². The lowest BCUT2D eigenvalue weighted by Gasteiger charge is -2.28. The number of nitrogens with zero attached hydrogens (tertiary/aromatic N) is 1. The lowest BCUT2D eigenvalue weighted by atomic mass is 9.90. The zero-order chi connectivity index (χ0) is 26.3. The molecule has 0 aliphatic carbocycles. The van der Waals surface area contributed by atoms with Crippen LogP contribution in [0.25, 0.3) is 0 Å². The third kappa shape index (κ3) is 5.54. The van der Waals surface area contributed by atoms with E-state index in [4.69, 9.17) is 14.2 Å². The lowest BCUT2D eigenvalue weighted by molar-refractivity contribution is -0.151. The number of ether oxygens (including phenoxy) is 3. The van der Waals surface area contributed by atoms with Crippen LogP contribution in [0.2, 0.25) is 0 Å². The van der Waals surface area contributed by atoms with Crippen LogP contribution >= 0.6 is 0 Å². The normalized spacial score (nSPS) is 16.7. The Morgan fingerprint density at radius 2 is 1.26 bits per heavy atom. The highest BCUT2D eigenvalue weighted by molar-refractivity contribution is 5.91. The molecule has 4 aromatic rings. The van der Waals surface area contributed by atoms with E-state index in [1.54, 1.807) is 4.90 Å². The summed E-state index contributed by atoms with van der Waals surface area (Å²) in [5.41, 5.74) is 1.72.